The van der Waals surface area contributed by atoms with E-state index in [4.69, 9.17) is 0 Å². The molecule has 3 aliphatic carbocycles. The van der Waals surface area contributed by atoms with E-state index in [9.17, 15) is 0 Å². The van der Waals surface area contributed by atoms with Crippen LogP contribution in [-0.4, -0.2) is 17.5 Å². The van der Waals surface area contributed by atoms with Gasteiger partial charge in [0.2, 0.25) is 0 Å². The van der Waals surface area contributed by atoms with Crippen molar-refractivity contribution in [1.29, 1.82) is 0 Å². The van der Waals surface area contributed by atoms with Gasteiger partial charge < -0.3 is 18.7 Å². The Labute approximate surface area is 200 Å². The van der Waals surface area contributed by atoms with E-state index in [-0.39, 0.29) is 31.6 Å². The van der Waals surface area contributed by atoms with Crippen molar-refractivity contribution in [3.63, 3.8) is 0 Å². The first-order valence-corrected chi connectivity index (χ1v) is 10.5. The quantitative estimate of drug-likeness (QED) is 0.505. The Morgan fingerprint density at radius 2 is 1.34 bits per heavy atom. The number of hydrogen-bond donors (Lipinski definition) is 0. The van der Waals surface area contributed by atoms with E-state index in [1.165, 1.54) is 31.2 Å². The number of nitrogens with zero attached hydrogens (tertiary/aromatic N) is 1. The smallest absolute Gasteiger partial charge is 0.341 e. The molecule has 1 heterocycles. The summed E-state index contributed by atoms with van der Waals surface area (Å²) in [5, 5.41) is 0. The zero-order valence-corrected chi connectivity index (χ0v) is 19.9. The summed E-state index contributed by atoms with van der Waals surface area (Å²) >= 11 is 0. The number of benzene rings is 1. The largest absolute Gasteiger partial charge is 4.00 e. The third-order valence-electron chi connectivity index (χ3n) is 6.08. The van der Waals surface area contributed by atoms with Crippen LogP contribution in [0.15, 0.2) is 30.3 Å². The van der Waals surface area contributed by atoms with Crippen molar-refractivity contribution in [3.8, 4) is 0 Å². The molecule has 29 heavy (non-hydrogen) atoms. The molecule has 0 spiro atoms. The molecule has 3 saturated carbocycles. The summed E-state index contributed by atoms with van der Waals surface area (Å²) in [5.41, 5.74) is 1.63. The maximum atomic E-state index is 4.56. The van der Waals surface area contributed by atoms with E-state index >= 15 is 0 Å². The molecule has 0 unspecified atom stereocenters. The molecule has 0 bridgehead atoms. The van der Waals surface area contributed by atoms with Gasteiger partial charge in [-0.05, 0) is 88.8 Å². The van der Waals surface area contributed by atoms with Crippen molar-refractivity contribution in [3.05, 3.63) is 114 Å². The zero-order chi connectivity index (χ0) is 19.7. The van der Waals surface area contributed by atoms with Crippen LogP contribution in [0.5, 0.6) is 0 Å². The van der Waals surface area contributed by atoms with Gasteiger partial charge in [0.15, 0.2) is 0 Å². The summed E-state index contributed by atoms with van der Waals surface area (Å²) < 4.78 is 0. The van der Waals surface area contributed by atoms with Gasteiger partial charge in [0, 0.05) is 6.54 Å². The Hall–Kier alpha value is 0.0631. The number of likely N-dealkylation sites (tertiary alicyclic amines) is 1. The van der Waals surface area contributed by atoms with Crippen molar-refractivity contribution in [1.82, 2.24) is 4.90 Å². The monoisotopic (exact) mass is 461 g/mol. The van der Waals surface area contributed by atoms with E-state index in [2.05, 4.69) is 49.1 Å². The molecule has 1 saturated heterocycles. The fourth-order valence-corrected chi connectivity index (χ4v) is 4.49. The third-order valence-corrected chi connectivity index (χ3v) is 6.08. The van der Waals surface area contributed by atoms with Crippen LogP contribution >= 0.6 is 0 Å². The van der Waals surface area contributed by atoms with Crippen LogP contribution in [0.25, 0.3) is 0 Å². The van der Waals surface area contributed by atoms with Crippen LogP contribution in [0.3, 0.4) is 0 Å². The van der Waals surface area contributed by atoms with Gasteiger partial charge >= 0.3 is 26.2 Å². The summed E-state index contributed by atoms with van der Waals surface area (Å²) in [7, 11) is 0. The second-order valence-electron chi connectivity index (χ2n) is 8.03. The van der Waals surface area contributed by atoms with Crippen LogP contribution in [0.2, 0.25) is 0 Å². The third kappa shape index (κ3) is 7.61. The minimum Gasteiger partial charge on any atom is -0.341 e. The van der Waals surface area contributed by atoms with E-state index in [1.54, 1.807) is 0 Å². The van der Waals surface area contributed by atoms with Crippen molar-refractivity contribution in [2.75, 3.05) is 6.54 Å². The molecule has 148 valence electrons. The van der Waals surface area contributed by atoms with Crippen LogP contribution in [0, 0.1) is 89.4 Å². The molecule has 1 aliphatic heterocycles. The molecule has 0 amide bonds. The van der Waals surface area contributed by atoms with Crippen molar-refractivity contribution in [2.45, 2.75) is 38.3 Å². The maximum Gasteiger partial charge on any atom is 4.00 e. The molecule has 3 atom stereocenters. The molecule has 1 aromatic rings. The fourth-order valence-electron chi connectivity index (χ4n) is 4.49. The van der Waals surface area contributed by atoms with Gasteiger partial charge in [-0.1, -0.05) is 49.6 Å². The Morgan fingerprint density at radius 3 is 1.86 bits per heavy atom. The Balaban J connectivity index is 0.000000223. The summed E-state index contributed by atoms with van der Waals surface area (Å²) in [4.78, 5) is 2.62. The Morgan fingerprint density at radius 1 is 0.828 bits per heavy atom. The van der Waals surface area contributed by atoms with Gasteiger partial charge in [-0.15, -0.1) is 0 Å². The first-order chi connectivity index (χ1) is 13.7. The predicted octanol–water partition coefficient (Wildman–Crippen LogP) is 5.76. The average Bonchev–Trinajstić information content (AvgIpc) is 3.49. The summed E-state index contributed by atoms with van der Waals surface area (Å²) in [6, 6.07) is 11.4. The van der Waals surface area contributed by atoms with Crippen LogP contribution in [-0.2, 0) is 32.7 Å². The number of fused-ring (bicyclic) bond motifs is 1. The second kappa shape index (κ2) is 13.5. The van der Waals surface area contributed by atoms with E-state index < -0.39 is 0 Å². The SMILES string of the molecule is [CH2-][C@H]1CN(Cc2ccccc2)[C@@H]2CCCC[C@]12[CH2-].[CH]1[CH][CH][CH][CH]1.[CH]1[CH][CH][CH][CH]1.[Zr+4]. The summed E-state index contributed by atoms with van der Waals surface area (Å²) in [5.74, 6) is 0.492. The molecule has 4 aliphatic rings. The maximum absolute atomic E-state index is 4.56. The van der Waals surface area contributed by atoms with Gasteiger partial charge in [-0.3, -0.25) is 0 Å². The standard InChI is InChI=1S/C17H23N.2C5H5.Zr/c1-14-12-18(13-15-8-4-3-5-9-15)16-10-6-7-11-17(14,16)2;2*1-2-4-5-3-1;/h3-5,8-9,14,16H,1-2,6-7,10-13H2;2*1-5H;/q-2;;;+4/t14-,16+,17+;;;/m0.../s1. The van der Waals surface area contributed by atoms with Gasteiger partial charge in [-0.25, -0.2) is 0 Å². The Bertz CT molecular complexity index is 512. The van der Waals surface area contributed by atoms with E-state index in [0.717, 1.165) is 13.1 Å². The first kappa shape index (κ1) is 25.3. The van der Waals surface area contributed by atoms with Crippen LogP contribution < -0.4 is 0 Å². The molecule has 10 radical (unpaired) electrons. The molecule has 0 N–H and O–H groups in total. The molecule has 4 fully saturated rings. The fraction of sp³-hybridized carbons (Fsp3) is 0.333. The molecular formula is C27H33NZr+2. The topological polar surface area (TPSA) is 3.24 Å². The van der Waals surface area contributed by atoms with Crippen LogP contribution in [0.4, 0.5) is 0 Å². The van der Waals surface area contributed by atoms with Crippen molar-refractivity contribution in [2.24, 2.45) is 11.3 Å². The minimum absolute atomic E-state index is 0. The Kier molecular flexibility index (Phi) is 11.8. The van der Waals surface area contributed by atoms with E-state index in [0.29, 0.717) is 12.0 Å². The van der Waals surface area contributed by atoms with E-state index in [1.807, 2.05) is 64.2 Å². The second-order valence-corrected chi connectivity index (χ2v) is 8.03. The zero-order valence-electron chi connectivity index (χ0n) is 17.4. The normalized spacial score (nSPS) is 31.0. The van der Waals surface area contributed by atoms with Crippen molar-refractivity contribution >= 4 is 0 Å². The number of hydrogen-bond acceptors (Lipinski definition) is 1. The number of rotatable bonds is 2. The van der Waals surface area contributed by atoms with Gasteiger partial charge in [0.05, 0.1) is 0 Å². The average molecular weight is 463 g/mol. The van der Waals surface area contributed by atoms with Gasteiger partial charge in [0.1, 0.15) is 0 Å². The van der Waals surface area contributed by atoms with Crippen molar-refractivity contribution < 1.29 is 26.2 Å². The first-order valence-electron chi connectivity index (χ1n) is 10.5. The molecule has 1 nitrogen and oxygen atoms in total. The summed E-state index contributed by atoms with van der Waals surface area (Å²) in [6.45, 7) is 11.1. The molecule has 2 heteroatoms. The van der Waals surface area contributed by atoms with Crippen LogP contribution in [0.1, 0.15) is 31.2 Å². The molecule has 0 aromatic heterocycles. The molecular weight excluding hydrogens is 430 g/mol. The minimum atomic E-state index is 0. The molecule has 5 rings (SSSR count). The van der Waals surface area contributed by atoms with Gasteiger partial charge in [-0.2, -0.15) is 11.3 Å². The predicted molar refractivity (Wildman–Crippen MR) is 119 cm³/mol. The summed E-state index contributed by atoms with van der Waals surface area (Å²) in [6.07, 6.45) is 25.3. The van der Waals surface area contributed by atoms with Gasteiger partial charge in [0.25, 0.3) is 0 Å². The molecule has 1 aromatic carbocycles.